The number of benzene rings is 1. The maximum Gasteiger partial charge on any atom is 0.251 e. The van der Waals surface area contributed by atoms with Crippen LogP contribution in [-0.2, 0) is 4.79 Å². The highest BCUT2D eigenvalue weighted by molar-refractivity contribution is 9.10. The van der Waals surface area contributed by atoms with E-state index in [0.717, 1.165) is 37.1 Å². The average Bonchev–Trinajstić information content (AvgIpc) is 2.69. The second-order valence-electron chi connectivity index (χ2n) is 5.23. The van der Waals surface area contributed by atoms with Crippen molar-refractivity contribution in [2.75, 3.05) is 39.8 Å². The van der Waals surface area contributed by atoms with Gasteiger partial charge in [-0.1, -0.05) is 22.0 Å². The predicted molar refractivity (Wildman–Crippen MR) is 85.2 cm³/mol. The fourth-order valence-corrected chi connectivity index (χ4v) is 2.69. The van der Waals surface area contributed by atoms with Crippen LogP contribution in [0, 0.1) is 0 Å². The van der Waals surface area contributed by atoms with E-state index in [2.05, 4.69) is 33.2 Å². The normalized spacial score (nSPS) is 16.4. The molecule has 6 heteroatoms. The van der Waals surface area contributed by atoms with Gasteiger partial charge in [-0.2, -0.15) is 0 Å². The van der Waals surface area contributed by atoms with Gasteiger partial charge >= 0.3 is 0 Å². The lowest BCUT2D eigenvalue weighted by Gasteiger charge is -2.20. The first-order valence-electron chi connectivity index (χ1n) is 7.06. The zero-order valence-corrected chi connectivity index (χ0v) is 13.7. The summed E-state index contributed by atoms with van der Waals surface area (Å²) >= 11 is 3.33. The Morgan fingerprint density at radius 2 is 2.05 bits per heavy atom. The SMILES string of the molecule is CN1CCCN(C(=O)CNC(=O)c2cccc(Br)c2)CC1. The number of likely N-dealkylation sites (N-methyl/N-ethyl adjacent to an activating group) is 1. The molecule has 0 unspecified atom stereocenters. The standard InChI is InChI=1S/C15H20BrN3O2/c1-18-6-3-7-19(9-8-18)14(20)11-17-15(21)12-4-2-5-13(16)10-12/h2,4-5,10H,3,6-9,11H2,1H3,(H,17,21). The second kappa shape index (κ2) is 7.56. The van der Waals surface area contributed by atoms with E-state index in [1.807, 2.05) is 11.0 Å². The second-order valence-corrected chi connectivity index (χ2v) is 6.15. The summed E-state index contributed by atoms with van der Waals surface area (Å²) in [7, 11) is 2.06. The van der Waals surface area contributed by atoms with E-state index < -0.39 is 0 Å². The van der Waals surface area contributed by atoms with Gasteiger partial charge in [0.1, 0.15) is 0 Å². The summed E-state index contributed by atoms with van der Waals surface area (Å²) in [5, 5.41) is 2.69. The molecule has 0 spiro atoms. The highest BCUT2D eigenvalue weighted by Crippen LogP contribution is 2.11. The van der Waals surface area contributed by atoms with Gasteiger partial charge in [0.05, 0.1) is 6.54 Å². The van der Waals surface area contributed by atoms with Crippen LogP contribution >= 0.6 is 15.9 Å². The molecule has 0 aromatic heterocycles. The number of nitrogens with zero attached hydrogens (tertiary/aromatic N) is 2. The minimum atomic E-state index is -0.225. The van der Waals surface area contributed by atoms with Gasteiger partial charge in [0.15, 0.2) is 0 Å². The maximum atomic E-state index is 12.1. The monoisotopic (exact) mass is 353 g/mol. The average molecular weight is 354 g/mol. The zero-order valence-electron chi connectivity index (χ0n) is 12.1. The third kappa shape index (κ3) is 4.82. The number of carbonyl (C=O) groups is 2. The molecule has 2 amide bonds. The summed E-state index contributed by atoms with van der Waals surface area (Å²) in [4.78, 5) is 28.2. The van der Waals surface area contributed by atoms with Crippen LogP contribution in [0.25, 0.3) is 0 Å². The van der Waals surface area contributed by atoms with Crippen molar-refractivity contribution in [2.45, 2.75) is 6.42 Å². The van der Waals surface area contributed by atoms with Crippen LogP contribution in [0.2, 0.25) is 0 Å². The summed E-state index contributed by atoms with van der Waals surface area (Å²) in [6.07, 6.45) is 0.974. The lowest BCUT2D eigenvalue weighted by atomic mass is 10.2. The van der Waals surface area contributed by atoms with Gasteiger partial charge in [0, 0.05) is 29.7 Å². The van der Waals surface area contributed by atoms with E-state index in [-0.39, 0.29) is 18.4 Å². The molecule has 0 radical (unpaired) electrons. The van der Waals surface area contributed by atoms with Crippen molar-refractivity contribution in [1.82, 2.24) is 15.1 Å². The Morgan fingerprint density at radius 3 is 2.81 bits per heavy atom. The molecule has 0 atom stereocenters. The van der Waals surface area contributed by atoms with Gasteiger partial charge in [-0.25, -0.2) is 0 Å². The lowest BCUT2D eigenvalue weighted by Crippen LogP contribution is -2.41. The summed E-state index contributed by atoms with van der Waals surface area (Å²) in [6.45, 7) is 3.42. The van der Waals surface area contributed by atoms with Gasteiger partial charge in [-0.15, -0.1) is 0 Å². The molecule has 114 valence electrons. The number of hydrogen-bond acceptors (Lipinski definition) is 3. The van der Waals surface area contributed by atoms with Crippen LogP contribution in [0.5, 0.6) is 0 Å². The van der Waals surface area contributed by atoms with Gasteiger partial charge in [0.25, 0.3) is 5.91 Å². The number of halogens is 1. The van der Waals surface area contributed by atoms with Crippen molar-refractivity contribution >= 4 is 27.7 Å². The van der Waals surface area contributed by atoms with Crippen molar-refractivity contribution in [3.05, 3.63) is 34.3 Å². The first-order valence-corrected chi connectivity index (χ1v) is 7.85. The summed E-state index contributed by atoms with van der Waals surface area (Å²) in [5.41, 5.74) is 0.549. The molecule has 1 aromatic rings. The van der Waals surface area contributed by atoms with E-state index in [4.69, 9.17) is 0 Å². The largest absolute Gasteiger partial charge is 0.343 e. The fraction of sp³-hybridized carbons (Fsp3) is 0.467. The molecule has 0 saturated carbocycles. The molecule has 0 bridgehead atoms. The van der Waals surface area contributed by atoms with Crippen LogP contribution in [0.15, 0.2) is 28.7 Å². The first-order chi connectivity index (χ1) is 10.1. The van der Waals surface area contributed by atoms with Crippen molar-refractivity contribution < 1.29 is 9.59 Å². The molecule has 1 saturated heterocycles. The molecular weight excluding hydrogens is 334 g/mol. The molecule has 1 aromatic carbocycles. The third-order valence-electron chi connectivity index (χ3n) is 3.56. The summed E-state index contributed by atoms with van der Waals surface area (Å²) in [5.74, 6) is -0.245. The Morgan fingerprint density at radius 1 is 1.24 bits per heavy atom. The minimum Gasteiger partial charge on any atom is -0.343 e. The Balaban J connectivity index is 1.84. The molecule has 1 aliphatic heterocycles. The van der Waals surface area contributed by atoms with Crippen LogP contribution < -0.4 is 5.32 Å². The smallest absolute Gasteiger partial charge is 0.251 e. The van der Waals surface area contributed by atoms with Crippen molar-refractivity contribution in [3.8, 4) is 0 Å². The fourth-order valence-electron chi connectivity index (χ4n) is 2.30. The van der Waals surface area contributed by atoms with Crippen LogP contribution in [-0.4, -0.2) is 61.4 Å². The maximum absolute atomic E-state index is 12.1. The van der Waals surface area contributed by atoms with Crippen molar-refractivity contribution in [1.29, 1.82) is 0 Å². The highest BCUT2D eigenvalue weighted by atomic mass is 79.9. The summed E-state index contributed by atoms with van der Waals surface area (Å²) in [6, 6.07) is 7.12. The topological polar surface area (TPSA) is 52.6 Å². The molecule has 1 aliphatic rings. The Labute approximate surface area is 133 Å². The third-order valence-corrected chi connectivity index (χ3v) is 4.05. The molecule has 1 heterocycles. The van der Waals surface area contributed by atoms with Gasteiger partial charge in [-0.05, 0) is 38.2 Å². The molecule has 1 N–H and O–H groups in total. The van der Waals surface area contributed by atoms with E-state index >= 15 is 0 Å². The van der Waals surface area contributed by atoms with Crippen LogP contribution in [0.4, 0.5) is 0 Å². The number of hydrogen-bond donors (Lipinski definition) is 1. The number of amides is 2. The van der Waals surface area contributed by atoms with E-state index in [1.54, 1.807) is 18.2 Å². The number of carbonyl (C=O) groups excluding carboxylic acids is 2. The number of rotatable bonds is 3. The highest BCUT2D eigenvalue weighted by Gasteiger charge is 2.18. The van der Waals surface area contributed by atoms with Crippen molar-refractivity contribution in [3.63, 3.8) is 0 Å². The molecule has 21 heavy (non-hydrogen) atoms. The van der Waals surface area contributed by atoms with Crippen LogP contribution in [0.3, 0.4) is 0 Å². The van der Waals surface area contributed by atoms with E-state index in [0.29, 0.717) is 5.56 Å². The quantitative estimate of drug-likeness (QED) is 0.892. The van der Waals surface area contributed by atoms with Crippen molar-refractivity contribution in [2.24, 2.45) is 0 Å². The van der Waals surface area contributed by atoms with Gasteiger partial charge in [-0.3, -0.25) is 9.59 Å². The lowest BCUT2D eigenvalue weighted by molar-refractivity contribution is -0.129. The molecule has 5 nitrogen and oxygen atoms in total. The van der Waals surface area contributed by atoms with Crippen LogP contribution in [0.1, 0.15) is 16.8 Å². The van der Waals surface area contributed by atoms with E-state index in [1.165, 1.54) is 0 Å². The Hall–Kier alpha value is -1.40. The molecule has 2 rings (SSSR count). The van der Waals surface area contributed by atoms with E-state index in [9.17, 15) is 9.59 Å². The minimum absolute atomic E-state index is 0.0198. The summed E-state index contributed by atoms with van der Waals surface area (Å²) < 4.78 is 0.844. The Bertz CT molecular complexity index is 521. The first kappa shape index (κ1) is 16.0. The molecule has 1 fully saturated rings. The zero-order chi connectivity index (χ0) is 15.2. The molecular formula is C15H20BrN3O2. The number of nitrogens with one attached hydrogen (secondary N) is 1. The van der Waals surface area contributed by atoms with Gasteiger partial charge in [0.2, 0.25) is 5.91 Å². The Kier molecular flexibility index (Phi) is 5.76. The molecule has 0 aliphatic carbocycles. The van der Waals surface area contributed by atoms with Gasteiger partial charge < -0.3 is 15.1 Å². The predicted octanol–water partition coefficient (Wildman–Crippen LogP) is 1.34.